The molecule has 2 aromatic rings. The first-order valence-electron chi connectivity index (χ1n) is 9.09. The Kier molecular flexibility index (Phi) is 5.57. The van der Waals surface area contributed by atoms with E-state index in [2.05, 4.69) is 75.9 Å². The summed E-state index contributed by atoms with van der Waals surface area (Å²) in [5.74, 6) is 1.05. The summed E-state index contributed by atoms with van der Waals surface area (Å²) < 4.78 is -0.0460. The molecule has 2 nitrogen and oxygen atoms in total. The summed E-state index contributed by atoms with van der Waals surface area (Å²) in [6.07, 6.45) is 0.749. The highest BCUT2D eigenvalue weighted by Gasteiger charge is 2.43. The number of benzene rings is 2. The topological polar surface area (TPSA) is 20.3 Å². The molecule has 0 N–H and O–H groups in total. The molecule has 0 radical (unpaired) electrons. The lowest BCUT2D eigenvalue weighted by atomic mass is 9.99. The van der Waals surface area contributed by atoms with Crippen LogP contribution in [0.2, 0.25) is 0 Å². The van der Waals surface area contributed by atoms with Gasteiger partial charge in [-0.1, -0.05) is 66.7 Å². The van der Waals surface area contributed by atoms with Crippen molar-refractivity contribution in [1.29, 1.82) is 0 Å². The smallest absolute Gasteiger partial charge is 0.249 e. The Labute approximate surface area is 161 Å². The number of amides is 1. The summed E-state index contributed by atoms with van der Waals surface area (Å²) in [5.41, 5.74) is 4.46. The number of nitrogens with zero attached hydrogens (tertiary/aromatic N) is 1. The van der Waals surface area contributed by atoms with E-state index in [0.29, 0.717) is 6.54 Å². The van der Waals surface area contributed by atoms with E-state index >= 15 is 0 Å². The Bertz CT molecular complexity index is 780. The van der Waals surface area contributed by atoms with Crippen LogP contribution in [0.15, 0.2) is 66.7 Å². The molecule has 2 aromatic carbocycles. The molecule has 0 spiro atoms. The van der Waals surface area contributed by atoms with E-state index in [1.54, 1.807) is 0 Å². The van der Waals surface area contributed by atoms with Gasteiger partial charge in [0, 0.05) is 22.6 Å². The number of hydrogen-bond acceptors (Lipinski definition) is 2. The van der Waals surface area contributed by atoms with E-state index in [9.17, 15) is 4.79 Å². The predicted molar refractivity (Wildman–Crippen MR) is 111 cm³/mol. The van der Waals surface area contributed by atoms with Gasteiger partial charge < -0.3 is 4.90 Å². The number of carbonyl (C=O) groups is 1. The van der Waals surface area contributed by atoms with Crippen LogP contribution in [0.25, 0.3) is 0 Å². The van der Waals surface area contributed by atoms with Crippen molar-refractivity contribution in [2.24, 2.45) is 0 Å². The van der Waals surface area contributed by atoms with E-state index in [1.807, 2.05) is 22.7 Å². The quantitative estimate of drug-likeness (QED) is 0.642. The van der Waals surface area contributed by atoms with Crippen molar-refractivity contribution in [3.05, 3.63) is 83.4 Å². The maximum Gasteiger partial charge on any atom is 0.249 e. The van der Waals surface area contributed by atoms with Gasteiger partial charge in [0.25, 0.3) is 0 Å². The fourth-order valence-electron chi connectivity index (χ4n) is 3.41. The van der Waals surface area contributed by atoms with E-state index in [4.69, 9.17) is 0 Å². The molecule has 3 rings (SSSR count). The molecule has 0 aliphatic carbocycles. The van der Waals surface area contributed by atoms with Crippen LogP contribution >= 0.6 is 11.8 Å². The monoisotopic (exact) mass is 365 g/mol. The molecule has 0 saturated carbocycles. The van der Waals surface area contributed by atoms with Crippen LogP contribution in [-0.2, 0) is 17.1 Å². The number of aryl methyl sites for hydroxylation is 1. The minimum atomic E-state index is -0.0460. The van der Waals surface area contributed by atoms with Crippen molar-refractivity contribution in [2.45, 2.75) is 50.3 Å². The Morgan fingerprint density at radius 2 is 1.73 bits per heavy atom. The zero-order chi connectivity index (χ0) is 18.7. The summed E-state index contributed by atoms with van der Waals surface area (Å²) in [6.45, 7) is 11.3. The van der Waals surface area contributed by atoms with Crippen molar-refractivity contribution in [3.8, 4) is 0 Å². The zero-order valence-corrected chi connectivity index (χ0v) is 16.7. The van der Waals surface area contributed by atoms with Crippen LogP contribution in [0.5, 0.6) is 0 Å². The SMILES string of the molecule is C=C1CC(C(C)(C)SCc2ccccc2)N(Cc2ccc(C)cc2)C1=O. The molecule has 0 bridgehead atoms. The molecule has 0 aromatic heterocycles. The van der Waals surface area contributed by atoms with Gasteiger partial charge >= 0.3 is 0 Å². The highest BCUT2D eigenvalue weighted by Crippen LogP contribution is 2.40. The number of rotatable bonds is 6. The summed E-state index contributed by atoms with van der Waals surface area (Å²) in [5, 5.41) is 0. The van der Waals surface area contributed by atoms with Gasteiger partial charge in [0.1, 0.15) is 0 Å². The molecule has 26 heavy (non-hydrogen) atoms. The molecule has 1 saturated heterocycles. The molecule has 1 fully saturated rings. The first-order valence-corrected chi connectivity index (χ1v) is 10.1. The van der Waals surface area contributed by atoms with Crippen molar-refractivity contribution in [2.75, 3.05) is 0 Å². The maximum absolute atomic E-state index is 12.7. The van der Waals surface area contributed by atoms with Crippen LogP contribution in [0.3, 0.4) is 0 Å². The highest BCUT2D eigenvalue weighted by atomic mass is 32.2. The summed E-state index contributed by atoms with van der Waals surface area (Å²) in [7, 11) is 0. The van der Waals surface area contributed by atoms with Crippen molar-refractivity contribution >= 4 is 17.7 Å². The molecule has 3 heteroatoms. The van der Waals surface area contributed by atoms with Crippen LogP contribution in [0.4, 0.5) is 0 Å². The van der Waals surface area contributed by atoms with Gasteiger partial charge in [-0.2, -0.15) is 0 Å². The molecule has 136 valence electrons. The van der Waals surface area contributed by atoms with Crippen LogP contribution in [0.1, 0.15) is 37.0 Å². The minimum absolute atomic E-state index is 0.0460. The lowest BCUT2D eigenvalue weighted by molar-refractivity contribution is -0.127. The molecule has 1 aliphatic heterocycles. The van der Waals surface area contributed by atoms with Crippen LogP contribution in [-0.4, -0.2) is 21.6 Å². The second-order valence-electron chi connectivity index (χ2n) is 7.62. The van der Waals surface area contributed by atoms with Crippen LogP contribution < -0.4 is 0 Å². The van der Waals surface area contributed by atoms with Gasteiger partial charge in [-0.15, -0.1) is 11.8 Å². The number of hydrogen-bond donors (Lipinski definition) is 0. The summed E-state index contributed by atoms with van der Waals surface area (Å²) >= 11 is 1.91. The number of likely N-dealkylation sites (tertiary alicyclic amines) is 1. The lowest BCUT2D eigenvalue weighted by Gasteiger charge is -2.37. The predicted octanol–water partition coefficient (Wildman–Crippen LogP) is 5.36. The van der Waals surface area contributed by atoms with Gasteiger partial charge in [-0.05, 0) is 38.3 Å². The van der Waals surface area contributed by atoms with Gasteiger partial charge in [0.05, 0.1) is 6.04 Å². The Hall–Kier alpha value is -2.00. The second kappa shape index (κ2) is 7.71. The van der Waals surface area contributed by atoms with Crippen molar-refractivity contribution < 1.29 is 4.79 Å². The van der Waals surface area contributed by atoms with Crippen molar-refractivity contribution in [3.63, 3.8) is 0 Å². The molecular weight excluding hydrogens is 338 g/mol. The van der Waals surface area contributed by atoms with E-state index in [-0.39, 0.29) is 16.7 Å². The fraction of sp³-hybridized carbons (Fsp3) is 0.348. The molecule has 1 amide bonds. The maximum atomic E-state index is 12.7. The van der Waals surface area contributed by atoms with Gasteiger partial charge in [-0.25, -0.2) is 0 Å². The van der Waals surface area contributed by atoms with Crippen LogP contribution in [0, 0.1) is 6.92 Å². The van der Waals surface area contributed by atoms with Gasteiger partial charge in [0.15, 0.2) is 0 Å². The molecule has 1 unspecified atom stereocenters. The summed E-state index contributed by atoms with van der Waals surface area (Å²) in [4.78, 5) is 14.7. The first kappa shape index (κ1) is 18.8. The molecule has 1 atom stereocenters. The number of carbonyl (C=O) groups excluding carboxylic acids is 1. The Morgan fingerprint density at radius 3 is 2.38 bits per heavy atom. The summed E-state index contributed by atoms with van der Waals surface area (Å²) in [6, 6.07) is 19.1. The third-order valence-corrected chi connectivity index (χ3v) is 6.60. The molecule has 1 heterocycles. The third-order valence-electron chi connectivity index (χ3n) is 5.11. The van der Waals surface area contributed by atoms with E-state index < -0.39 is 0 Å². The average molecular weight is 366 g/mol. The average Bonchev–Trinajstić information content (AvgIpc) is 2.92. The molecular formula is C23H27NOS. The molecule has 1 aliphatic rings. The Morgan fingerprint density at radius 1 is 1.08 bits per heavy atom. The lowest BCUT2D eigenvalue weighted by Crippen LogP contribution is -2.44. The largest absolute Gasteiger partial charge is 0.330 e. The fourth-order valence-corrected chi connectivity index (χ4v) is 4.54. The first-order chi connectivity index (χ1) is 12.4. The zero-order valence-electron chi connectivity index (χ0n) is 15.9. The normalized spacial score (nSPS) is 17.8. The number of thioether (sulfide) groups is 1. The van der Waals surface area contributed by atoms with Gasteiger partial charge in [-0.3, -0.25) is 4.79 Å². The standard InChI is InChI=1S/C23H27NOS/c1-17-10-12-19(13-11-17)15-24-21(14-18(2)22(24)25)23(3,4)26-16-20-8-6-5-7-9-20/h5-13,21H,2,14-16H2,1,3-4H3. The minimum Gasteiger partial charge on any atom is -0.330 e. The van der Waals surface area contributed by atoms with E-state index in [0.717, 1.165) is 17.7 Å². The second-order valence-corrected chi connectivity index (χ2v) is 9.25. The van der Waals surface area contributed by atoms with Crippen molar-refractivity contribution in [1.82, 2.24) is 4.90 Å². The van der Waals surface area contributed by atoms with E-state index in [1.165, 1.54) is 16.7 Å². The third kappa shape index (κ3) is 4.21. The Balaban J connectivity index is 1.75. The highest BCUT2D eigenvalue weighted by molar-refractivity contribution is 7.99. The van der Waals surface area contributed by atoms with Gasteiger partial charge in [0.2, 0.25) is 5.91 Å².